The van der Waals surface area contributed by atoms with E-state index in [0.717, 1.165) is 5.76 Å². The molecule has 0 radical (unpaired) electrons. The largest absolute Gasteiger partial charge is 0.486 e. The average Bonchev–Trinajstić information content (AvgIpc) is 2.07. The lowest BCUT2D eigenvalue weighted by molar-refractivity contribution is 0.00418. The van der Waals surface area contributed by atoms with Gasteiger partial charge in [-0.25, -0.2) is 0 Å². The Labute approximate surface area is 73.2 Å². The number of ether oxygens (including phenoxy) is 2. The normalized spacial score (nSPS) is 27.3. The first-order valence-corrected chi connectivity index (χ1v) is 4.05. The summed E-state index contributed by atoms with van der Waals surface area (Å²) in [6, 6.07) is 0. The fourth-order valence-electron chi connectivity index (χ4n) is 0.921. The van der Waals surface area contributed by atoms with Gasteiger partial charge in [0.25, 0.3) is 0 Å². The summed E-state index contributed by atoms with van der Waals surface area (Å²) in [5, 5.41) is 0. The first-order chi connectivity index (χ1) is 5.74. The summed E-state index contributed by atoms with van der Waals surface area (Å²) in [4.78, 5) is 0. The molecule has 1 rings (SSSR count). The summed E-state index contributed by atoms with van der Waals surface area (Å²) in [5.74, 6) is 1.35. The maximum absolute atomic E-state index is 5.49. The molecule has 0 amide bonds. The maximum Gasteiger partial charge on any atom is 0.161 e. The van der Waals surface area contributed by atoms with Crippen LogP contribution in [0.25, 0.3) is 0 Å². The molecule has 1 aliphatic rings. The molecule has 0 aromatic heterocycles. The lowest BCUT2D eigenvalue weighted by Gasteiger charge is -2.25. The van der Waals surface area contributed by atoms with Crippen LogP contribution in [0.2, 0.25) is 0 Å². The third kappa shape index (κ3) is 2.16. The number of hydrogen-bond acceptors (Lipinski definition) is 2. The molecule has 0 saturated carbocycles. The van der Waals surface area contributed by atoms with Crippen molar-refractivity contribution in [2.45, 2.75) is 20.0 Å². The van der Waals surface area contributed by atoms with Gasteiger partial charge >= 0.3 is 0 Å². The van der Waals surface area contributed by atoms with Gasteiger partial charge in [0.1, 0.15) is 12.7 Å². The van der Waals surface area contributed by atoms with Crippen LogP contribution in [-0.4, -0.2) is 12.7 Å². The van der Waals surface area contributed by atoms with Crippen LogP contribution in [0.3, 0.4) is 0 Å². The van der Waals surface area contributed by atoms with Crippen LogP contribution in [0.4, 0.5) is 0 Å². The first-order valence-electron chi connectivity index (χ1n) is 4.05. The highest BCUT2D eigenvalue weighted by molar-refractivity contribution is 5.23. The second-order valence-corrected chi connectivity index (χ2v) is 2.72. The summed E-state index contributed by atoms with van der Waals surface area (Å²) in [7, 11) is 0. The van der Waals surface area contributed by atoms with Gasteiger partial charge in [-0.1, -0.05) is 18.7 Å². The third-order valence-corrected chi connectivity index (χ3v) is 1.54. The zero-order valence-corrected chi connectivity index (χ0v) is 7.54. The van der Waals surface area contributed by atoms with Crippen molar-refractivity contribution < 1.29 is 9.47 Å². The van der Waals surface area contributed by atoms with Crippen molar-refractivity contribution in [1.82, 2.24) is 0 Å². The summed E-state index contributed by atoms with van der Waals surface area (Å²) in [6.45, 7) is 8.24. The molecule has 0 aromatic rings. The van der Waals surface area contributed by atoms with Crippen molar-refractivity contribution in [3.63, 3.8) is 0 Å². The average molecular weight is 166 g/mol. The second-order valence-electron chi connectivity index (χ2n) is 2.72. The topological polar surface area (TPSA) is 18.5 Å². The minimum absolute atomic E-state index is 0.118. The summed E-state index contributed by atoms with van der Waals surface area (Å²) in [6.07, 6.45) is 5.81. The molecule has 1 aliphatic heterocycles. The highest BCUT2D eigenvalue weighted by Gasteiger charge is 2.16. The van der Waals surface area contributed by atoms with Crippen LogP contribution >= 0.6 is 0 Å². The minimum atomic E-state index is 0.118. The molecule has 0 spiro atoms. The molecule has 0 N–H and O–H groups in total. The summed E-state index contributed by atoms with van der Waals surface area (Å²) < 4.78 is 10.8. The van der Waals surface area contributed by atoms with Crippen molar-refractivity contribution in [3.8, 4) is 0 Å². The van der Waals surface area contributed by atoms with Gasteiger partial charge in [-0.05, 0) is 19.9 Å². The molecule has 0 bridgehead atoms. The Kier molecular flexibility index (Phi) is 2.97. The predicted molar refractivity (Wildman–Crippen MR) is 48.5 cm³/mol. The lowest BCUT2D eigenvalue weighted by Crippen LogP contribution is -2.22. The number of hydrogen-bond donors (Lipinski definition) is 0. The number of allylic oxidation sites excluding steroid dienone is 3. The fraction of sp³-hybridized carbons (Fsp3) is 0.400. The molecule has 12 heavy (non-hydrogen) atoms. The van der Waals surface area contributed by atoms with E-state index >= 15 is 0 Å². The van der Waals surface area contributed by atoms with Crippen molar-refractivity contribution in [3.05, 3.63) is 36.3 Å². The molecule has 2 heteroatoms. The van der Waals surface area contributed by atoms with Crippen molar-refractivity contribution in [2.24, 2.45) is 0 Å². The highest BCUT2D eigenvalue weighted by Crippen LogP contribution is 2.19. The molecule has 66 valence electrons. The SMILES string of the molecule is C=C1OCC(C)O/C1=C/C=C\C. The Morgan fingerprint density at radius 2 is 2.33 bits per heavy atom. The molecular formula is C10H14O2. The van der Waals surface area contributed by atoms with Crippen molar-refractivity contribution >= 4 is 0 Å². The van der Waals surface area contributed by atoms with Gasteiger partial charge in [-0.2, -0.15) is 0 Å². The van der Waals surface area contributed by atoms with Gasteiger partial charge in [0.2, 0.25) is 0 Å². The van der Waals surface area contributed by atoms with E-state index in [-0.39, 0.29) is 6.10 Å². The molecule has 1 heterocycles. The van der Waals surface area contributed by atoms with Gasteiger partial charge < -0.3 is 9.47 Å². The fourth-order valence-corrected chi connectivity index (χ4v) is 0.921. The van der Waals surface area contributed by atoms with E-state index in [1.807, 2.05) is 32.1 Å². The van der Waals surface area contributed by atoms with Gasteiger partial charge in [0.05, 0.1) is 0 Å². The molecule has 0 aromatic carbocycles. The van der Waals surface area contributed by atoms with Crippen molar-refractivity contribution in [2.75, 3.05) is 6.61 Å². The van der Waals surface area contributed by atoms with Crippen molar-refractivity contribution in [1.29, 1.82) is 0 Å². The minimum Gasteiger partial charge on any atom is -0.486 e. The van der Waals surface area contributed by atoms with E-state index in [9.17, 15) is 0 Å². The Morgan fingerprint density at radius 1 is 1.58 bits per heavy atom. The van der Waals surface area contributed by atoms with Gasteiger partial charge in [0.15, 0.2) is 11.5 Å². The molecule has 1 unspecified atom stereocenters. The zero-order valence-electron chi connectivity index (χ0n) is 7.54. The maximum atomic E-state index is 5.49. The van der Waals surface area contributed by atoms with E-state index in [1.165, 1.54) is 0 Å². The van der Waals surface area contributed by atoms with Crippen LogP contribution < -0.4 is 0 Å². The van der Waals surface area contributed by atoms with Crippen LogP contribution in [0.5, 0.6) is 0 Å². The number of rotatable bonds is 1. The smallest absolute Gasteiger partial charge is 0.161 e. The van der Waals surface area contributed by atoms with E-state index in [0.29, 0.717) is 12.4 Å². The third-order valence-electron chi connectivity index (χ3n) is 1.54. The van der Waals surface area contributed by atoms with Gasteiger partial charge in [-0.3, -0.25) is 0 Å². The van der Waals surface area contributed by atoms with Gasteiger partial charge in [0, 0.05) is 0 Å². The molecule has 1 atom stereocenters. The van der Waals surface area contributed by atoms with Crippen LogP contribution in [-0.2, 0) is 9.47 Å². The molecule has 1 saturated heterocycles. The van der Waals surface area contributed by atoms with Crippen LogP contribution in [0, 0.1) is 0 Å². The Bertz CT molecular complexity index is 226. The van der Waals surface area contributed by atoms with E-state index in [2.05, 4.69) is 6.58 Å². The Balaban J connectivity index is 2.66. The standard InChI is InChI=1S/C10H14O2/c1-4-5-6-10-9(3)11-7-8(2)12-10/h4-6,8H,3,7H2,1-2H3/b5-4-,10-6+. The summed E-state index contributed by atoms with van der Waals surface area (Å²) in [5.41, 5.74) is 0. The van der Waals surface area contributed by atoms with Crippen LogP contribution in [0.15, 0.2) is 36.3 Å². The van der Waals surface area contributed by atoms with E-state index < -0.39 is 0 Å². The first kappa shape index (κ1) is 8.91. The summed E-state index contributed by atoms with van der Waals surface area (Å²) >= 11 is 0. The quantitative estimate of drug-likeness (QED) is 0.595. The second kappa shape index (κ2) is 4.00. The molecule has 2 nitrogen and oxygen atoms in total. The van der Waals surface area contributed by atoms with Crippen LogP contribution in [0.1, 0.15) is 13.8 Å². The molecule has 1 fully saturated rings. The van der Waals surface area contributed by atoms with E-state index in [4.69, 9.17) is 9.47 Å². The Morgan fingerprint density at radius 3 is 3.00 bits per heavy atom. The molecule has 0 aliphatic carbocycles. The van der Waals surface area contributed by atoms with Gasteiger partial charge in [-0.15, -0.1) is 0 Å². The molecular weight excluding hydrogens is 152 g/mol. The zero-order chi connectivity index (χ0) is 8.97. The van der Waals surface area contributed by atoms with E-state index in [1.54, 1.807) is 0 Å². The predicted octanol–water partition coefficient (Wildman–Crippen LogP) is 2.40. The highest BCUT2D eigenvalue weighted by atomic mass is 16.6. The Hall–Kier alpha value is -1.18. The monoisotopic (exact) mass is 166 g/mol. The lowest BCUT2D eigenvalue weighted by atomic mass is 10.3.